The highest BCUT2D eigenvalue weighted by Gasteiger charge is 1.99. The predicted octanol–water partition coefficient (Wildman–Crippen LogP) is 7.83. The monoisotopic (exact) mass is 404 g/mol. The van der Waals surface area contributed by atoms with Gasteiger partial charge in [-0.05, 0) is 72.7 Å². The van der Waals surface area contributed by atoms with Crippen molar-refractivity contribution < 1.29 is 0 Å². The Hall–Kier alpha value is -3.22. The molecule has 0 heteroatoms. The van der Waals surface area contributed by atoms with Gasteiger partial charge in [-0.1, -0.05) is 86.6 Å². The van der Waals surface area contributed by atoms with E-state index in [2.05, 4.69) is 103 Å². The van der Waals surface area contributed by atoms with Crippen LogP contribution in [0.4, 0.5) is 0 Å². The Kier molecular flexibility index (Phi) is 9.04. The molecule has 0 saturated heterocycles. The number of aryl methyl sites for hydroxylation is 2. The average molecular weight is 405 g/mol. The molecule has 3 rings (SSSR count). The molecule has 31 heavy (non-hydrogen) atoms. The molecule has 0 heterocycles. The molecule has 0 spiro atoms. The van der Waals surface area contributed by atoms with Crippen LogP contribution in [-0.4, -0.2) is 0 Å². The van der Waals surface area contributed by atoms with Gasteiger partial charge >= 0.3 is 0 Å². The lowest BCUT2D eigenvalue weighted by Gasteiger charge is -2.05. The summed E-state index contributed by atoms with van der Waals surface area (Å²) in [7, 11) is 0. The van der Waals surface area contributed by atoms with E-state index in [4.69, 9.17) is 0 Å². The van der Waals surface area contributed by atoms with E-state index in [1.54, 1.807) is 0 Å². The predicted molar refractivity (Wildman–Crippen MR) is 134 cm³/mol. The van der Waals surface area contributed by atoms with Crippen LogP contribution in [0, 0.1) is 23.7 Å². The Balaban J connectivity index is 1.57. The molecule has 0 nitrogen and oxygen atoms in total. The molecular formula is C31H32. The van der Waals surface area contributed by atoms with Crippen LogP contribution in [0.5, 0.6) is 0 Å². The highest BCUT2D eigenvalue weighted by molar-refractivity contribution is 5.64. The van der Waals surface area contributed by atoms with Gasteiger partial charge < -0.3 is 0 Å². The zero-order chi connectivity index (χ0) is 21.7. The van der Waals surface area contributed by atoms with E-state index in [-0.39, 0.29) is 0 Å². The highest BCUT2D eigenvalue weighted by atomic mass is 14.0. The maximum absolute atomic E-state index is 3.28. The van der Waals surface area contributed by atoms with Crippen LogP contribution in [0.2, 0.25) is 0 Å². The smallest absolute Gasteiger partial charge is 0.0249 e. The molecule has 0 radical (unpaired) electrons. The van der Waals surface area contributed by atoms with Crippen molar-refractivity contribution in [3.8, 4) is 34.8 Å². The lowest BCUT2D eigenvalue weighted by atomic mass is 10.00. The third-order valence-corrected chi connectivity index (χ3v) is 5.51. The van der Waals surface area contributed by atoms with E-state index in [0.29, 0.717) is 0 Å². The first kappa shape index (κ1) is 22.5. The number of benzene rings is 3. The Labute approximate surface area is 188 Å². The minimum atomic E-state index is 0.912. The quantitative estimate of drug-likeness (QED) is 0.265. The van der Waals surface area contributed by atoms with Crippen LogP contribution < -0.4 is 0 Å². The summed E-state index contributed by atoms with van der Waals surface area (Å²) >= 11 is 0. The second-order valence-corrected chi connectivity index (χ2v) is 7.96. The highest BCUT2D eigenvalue weighted by Crippen LogP contribution is 2.21. The molecule has 0 aliphatic carbocycles. The van der Waals surface area contributed by atoms with E-state index in [0.717, 1.165) is 24.0 Å². The van der Waals surface area contributed by atoms with Crippen molar-refractivity contribution in [2.24, 2.45) is 0 Å². The van der Waals surface area contributed by atoms with Gasteiger partial charge in [-0.2, -0.15) is 0 Å². The fraction of sp³-hybridized carbons (Fsp3) is 0.290. The third kappa shape index (κ3) is 7.51. The van der Waals surface area contributed by atoms with Gasteiger partial charge in [-0.25, -0.2) is 0 Å². The molecule has 3 aromatic carbocycles. The molecule has 0 aromatic heterocycles. The molecule has 0 aliphatic rings. The summed E-state index contributed by atoms with van der Waals surface area (Å²) in [4.78, 5) is 0. The van der Waals surface area contributed by atoms with Gasteiger partial charge in [0.25, 0.3) is 0 Å². The molecule has 0 amide bonds. The van der Waals surface area contributed by atoms with Gasteiger partial charge in [0.2, 0.25) is 0 Å². The second-order valence-electron chi connectivity index (χ2n) is 7.96. The number of unbranched alkanes of at least 4 members (excludes halogenated alkanes) is 3. The van der Waals surface area contributed by atoms with Crippen LogP contribution >= 0.6 is 0 Å². The summed E-state index contributed by atoms with van der Waals surface area (Å²) in [6, 6.07) is 26.1. The Morgan fingerprint density at radius 1 is 0.581 bits per heavy atom. The summed E-state index contributed by atoms with van der Waals surface area (Å²) < 4.78 is 0. The second kappa shape index (κ2) is 12.5. The third-order valence-electron chi connectivity index (χ3n) is 5.51. The minimum Gasteiger partial charge on any atom is -0.107 e. The standard InChI is InChI=1S/C31H32/c1-3-5-7-9-11-27-18-22-30(23-19-27)31-24-20-29(21-25-31)17-16-28-14-12-26(13-15-28)10-8-6-4-2/h12-15,18-25H,3,5,7-11H2,1-2H3. The lowest BCUT2D eigenvalue weighted by Crippen LogP contribution is -1.86. The maximum Gasteiger partial charge on any atom is 0.0249 e. The van der Waals surface area contributed by atoms with Crippen molar-refractivity contribution in [2.45, 2.75) is 58.8 Å². The maximum atomic E-state index is 3.28. The number of hydrogen-bond donors (Lipinski definition) is 0. The van der Waals surface area contributed by atoms with Crippen LogP contribution in [0.15, 0.2) is 72.8 Å². The van der Waals surface area contributed by atoms with Gasteiger partial charge in [0, 0.05) is 17.5 Å². The van der Waals surface area contributed by atoms with Gasteiger partial charge in [-0.15, -0.1) is 11.8 Å². The van der Waals surface area contributed by atoms with Crippen molar-refractivity contribution in [2.75, 3.05) is 0 Å². The molecule has 0 fully saturated rings. The summed E-state index contributed by atoms with van der Waals surface area (Å²) in [5.74, 6) is 12.6. The molecule has 156 valence electrons. The molecule has 0 aliphatic heterocycles. The number of rotatable bonds is 8. The van der Waals surface area contributed by atoms with Gasteiger partial charge in [0.05, 0.1) is 0 Å². The van der Waals surface area contributed by atoms with Crippen molar-refractivity contribution >= 4 is 0 Å². The van der Waals surface area contributed by atoms with E-state index in [9.17, 15) is 0 Å². The first-order valence-corrected chi connectivity index (χ1v) is 11.5. The SMILES string of the molecule is CC#CCCc1ccc(C#Cc2ccc(-c3ccc(CCCCCC)cc3)cc2)cc1. The molecule has 0 saturated carbocycles. The normalized spacial score (nSPS) is 10.0. The van der Waals surface area contributed by atoms with Gasteiger partial charge in [0.1, 0.15) is 0 Å². The van der Waals surface area contributed by atoms with Crippen molar-refractivity contribution in [1.29, 1.82) is 0 Å². The molecule has 0 bridgehead atoms. The largest absolute Gasteiger partial charge is 0.107 e. The first-order chi connectivity index (χ1) is 15.3. The molecule has 3 aromatic rings. The van der Waals surface area contributed by atoms with Crippen LogP contribution in [-0.2, 0) is 12.8 Å². The van der Waals surface area contributed by atoms with E-state index in [1.165, 1.54) is 54.4 Å². The van der Waals surface area contributed by atoms with Crippen LogP contribution in [0.3, 0.4) is 0 Å². The fourth-order valence-electron chi connectivity index (χ4n) is 3.60. The minimum absolute atomic E-state index is 0.912. The van der Waals surface area contributed by atoms with Gasteiger partial charge in [-0.3, -0.25) is 0 Å². The molecule has 0 unspecified atom stereocenters. The summed E-state index contributed by atoms with van der Waals surface area (Å²) in [6.45, 7) is 4.14. The van der Waals surface area contributed by atoms with Crippen LogP contribution in [0.1, 0.15) is 68.2 Å². The van der Waals surface area contributed by atoms with E-state index >= 15 is 0 Å². The Morgan fingerprint density at radius 3 is 1.68 bits per heavy atom. The zero-order valence-corrected chi connectivity index (χ0v) is 18.9. The molecule has 0 N–H and O–H groups in total. The van der Waals surface area contributed by atoms with E-state index in [1.807, 2.05) is 6.92 Å². The van der Waals surface area contributed by atoms with Crippen molar-refractivity contribution in [3.05, 3.63) is 95.1 Å². The van der Waals surface area contributed by atoms with Crippen molar-refractivity contribution in [3.63, 3.8) is 0 Å². The summed E-state index contributed by atoms with van der Waals surface area (Å²) in [6.07, 6.45) is 8.35. The molecule has 0 atom stereocenters. The van der Waals surface area contributed by atoms with E-state index < -0.39 is 0 Å². The molecular weight excluding hydrogens is 372 g/mol. The van der Waals surface area contributed by atoms with Gasteiger partial charge in [0.15, 0.2) is 0 Å². The average Bonchev–Trinajstić information content (AvgIpc) is 2.82. The lowest BCUT2D eigenvalue weighted by molar-refractivity contribution is 0.667. The first-order valence-electron chi connectivity index (χ1n) is 11.5. The summed E-state index contributed by atoms with van der Waals surface area (Å²) in [5, 5.41) is 0. The fourth-order valence-corrected chi connectivity index (χ4v) is 3.60. The topological polar surface area (TPSA) is 0 Å². The zero-order valence-electron chi connectivity index (χ0n) is 18.9. The summed E-state index contributed by atoms with van der Waals surface area (Å²) in [5.41, 5.74) is 7.33. The Bertz CT molecular complexity index is 1040. The number of hydrogen-bond acceptors (Lipinski definition) is 0. The van der Waals surface area contributed by atoms with Crippen molar-refractivity contribution in [1.82, 2.24) is 0 Å². The van der Waals surface area contributed by atoms with Crippen LogP contribution in [0.25, 0.3) is 11.1 Å². The Morgan fingerprint density at radius 2 is 1.10 bits per heavy atom.